The molecule has 7 heteroatoms. The van der Waals surface area contributed by atoms with Crippen LogP contribution in [0.2, 0.25) is 0 Å². The van der Waals surface area contributed by atoms with E-state index >= 15 is 0 Å². The van der Waals surface area contributed by atoms with E-state index in [-0.39, 0.29) is 18.1 Å². The van der Waals surface area contributed by atoms with Gasteiger partial charge < -0.3 is 15.2 Å². The first-order valence-corrected chi connectivity index (χ1v) is 9.34. The van der Waals surface area contributed by atoms with Crippen LogP contribution in [0.4, 0.5) is 10.5 Å². The van der Waals surface area contributed by atoms with Crippen LogP contribution in [0.15, 0.2) is 34.9 Å². The van der Waals surface area contributed by atoms with E-state index in [4.69, 9.17) is 4.52 Å². The number of anilines is 1. The van der Waals surface area contributed by atoms with Crippen LogP contribution in [0, 0.1) is 0 Å². The number of hydrogen-bond acceptors (Lipinski definition) is 5. The summed E-state index contributed by atoms with van der Waals surface area (Å²) in [6, 6.07) is 9.62. The van der Waals surface area contributed by atoms with Crippen LogP contribution in [-0.4, -0.2) is 40.2 Å². The summed E-state index contributed by atoms with van der Waals surface area (Å²) >= 11 is 0. The third kappa shape index (κ3) is 4.82. The van der Waals surface area contributed by atoms with Gasteiger partial charge in [-0.2, -0.15) is 4.98 Å². The standard InChI is InChI=1S/C19H27N5O2/c1-3-7-17-22-18(26-23-17)14(2)24-12-10-16(11-13-24)21-19(25)20-15-8-5-4-6-9-15/h4-6,8-9,14,16H,3,7,10-13H2,1-2H3,(H2,20,21,25)/t14-/m1/s1. The molecule has 2 N–H and O–H groups in total. The highest BCUT2D eigenvalue weighted by Gasteiger charge is 2.27. The Kier molecular flexibility index (Phi) is 6.22. The number of rotatable bonds is 6. The third-order valence-corrected chi connectivity index (χ3v) is 4.76. The molecule has 1 atom stereocenters. The molecule has 1 fully saturated rings. The van der Waals surface area contributed by atoms with Crippen molar-refractivity contribution < 1.29 is 9.32 Å². The Hall–Kier alpha value is -2.41. The molecular formula is C19H27N5O2. The first-order valence-electron chi connectivity index (χ1n) is 9.34. The van der Waals surface area contributed by atoms with E-state index in [1.807, 2.05) is 30.3 Å². The molecular weight excluding hydrogens is 330 g/mol. The molecule has 1 aromatic carbocycles. The van der Waals surface area contributed by atoms with Crippen molar-refractivity contribution in [2.45, 2.75) is 51.6 Å². The number of likely N-dealkylation sites (tertiary alicyclic amines) is 1. The molecule has 140 valence electrons. The highest BCUT2D eigenvalue weighted by molar-refractivity contribution is 5.89. The fraction of sp³-hybridized carbons (Fsp3) is 0.526. The normalized spacial score (nSPS) is 17.0. The first-order chi connectivity index (χ1) is 12.7. The number of aryl methyl sites for hydroxylation is 1. The number of piperidine rings is 1. The number of para-hydroxylation sites is 1. The molecule has 0 saturated carbocycles. The maximum atomic E-state index is 12.1. The second-order valence-corrected chi connectivity index (χ2v) is 6.75. The maximum Gasteiger partial charge on any atom is 0.319 e. The second kappa shape index (κ2) is 8.80. The van der Waals surface area contributed by atoms with Crippen LogP contribution in [-0.2, 0) is 6.42 Å². The lowest BCUT2D eigenvalue weighted by molar-refractivity contribution is 0.131. The molecule has 0 bridgehead atoms. The van der Waals surface area contributed by atoms with Crippen molar-refractivity contribution in [3.63, 3.8) is 0 Å². The zero-order chi connectivity index (χ0) is 18.4. The minimum absolute atomic E-state index is 0.104. The summed E-state index contributed by atoms with van der Waals surface area (Å²) < 4.78 is 5.41. The Balaban J connectivity index is 1.45. The zero-order valence-electron chi connectivity index (χ0n) is 15.4. The molecule has 0 unspecified atom stereocenters. The molecule has 3 rings (SSSR count). The van der Waals surface area contributed by atoms with E-state index in [0.717, 1.165) is 50.3 Å². The summed E-state index contributed by atoms with van der Waals surface area (Å²) in [7, 11) is 0. The highest BCUT2D eigenvalue weighted by Crippen LogP contribution is 2.23. The van der Waals surface area contributed by atoms with E-state index in [1.54, 1.807) is 0 Å². The van der Waals surface area contributed by atoms with Crippen LogP contribution in [0.5, 0.6) is 0 Å². The lowest BCUT2D eigenvalue weighted by atomic mass is 10.0. The number of hydrogen-bond donors (Lipinski definition) is 2. The predicted molar refractivity (Wildman–Crippen MR) is 99.9 cm³/mol. The van der Waals surface area contributed by atoms with Gasteiger partial charge in [0.2, 0.25) is 5.89 Å². The number of aromatic nitrogens is 2. The van der Waals surface area contributed by atoms with Crippen LogP contribution < -0.4 is 10.6 Å². The molecule has 2 heterocycles. The maximum absolute atomic E-state index is 12.1. The number of urea groups is 1. The van der Waals surface area contributed by atoms with Crippen LogP contribution >= 0.6 is 0 Å². The van der Waals surface area contributed by atoms with Crippen LogP contribution in [0.25, 0.3) is 0 Å². The SMILES string of the molecule is CCCc1noc([C@@H](C)N2CCC(NC(=O)Nc3ccccc3)CC2)n1. The van der Waals surface area contributed by atoms with Crippen molar-refractivity contribution in [1.29, 1.82) is 0 Å². The van der Waals surface area contributed by atoms with E-state index in [0.29, 0.717) is 5.89 Å². The van der Waals surface area contributed by atoms with Gasteiger partial charge in [0, 0.05) is 31.2 Å². The zero-order valence-corrected chi connectivity index (χ0v) is 15.4. The predicted octanol–water partition coefficient (Wildman–Crippen LogP) is 3.37. The van der Waals surface area contributed by atoms with Crippen molar-refractivity contribution >= 4 is 11.7 Å². The first kappa shape index (κ1) is 18.4. The van der Waals surface area contributed by atoms with E-state index in [2.05, 4.69) is 39.5 Å². The minimum Gasteiger partial charge on any atom is -0.338 e. The Morgan fingerprint density at radius 3 is 2.73 bits per heavy atom. The Bertz CT molecular complexity index is 695. The molecule has 1 aliphatic heterocycles. The molecule has 1 saturated heterocycles. The van der Waals surface area contributed by atoms with Crippen LogP contribution in [0.1, 0.15) is 50.9 Å². The molecule has 26 heavy (non-hydrogen) atoms. The Labute approximate surface area is 154 Å². The molecule has 1 aliphatic rings. The smallest absolute Gasteiger partial charge is 0.319 e. The molecule has 1 aromatic heterocycles. The van der Waals surface area contributed by atoms with Crippen molar-refractivity contribution in [3.8, 4) is 0 Å². The minimum atomic E-state index is -0.149. The van der Waals surface area contributed by atoms with Gasteiger partial charge in [-0.15, -0.1) is 0 Å². The topological polar surface area (TPSA) is 83.3 Å². The second-order valence-electron chi connectivity index (χ2n) is 6.75. The fourth-order valence-electron chi connectivity index (χ4n) is 3.22. The monoisotopic (exact) mass is 357 g/mol. The largest absolute Gasteiger partial charge is 0.338 e. The molecule has 0 spiro atoms. The third-order valence-electron chi connectivity index (χ3n) is 4.76. The lowest BCUT2D eigenvalue weighted by Gasteiger charge is -2.34. The van der Waals surface area contributed by atoms with E-state index in [9.17, 15) is 4.79 Å². The lowest BCUT2D eigenvalue weighted by Crippen LogP contribution is -2.46. The van der Waals surface area contributed by atoms with Gasteiger partial charge in [0.1, 0.15) is 0 Å². The van der Waals surface area contributed by atoms with Gasteiger partial charge in [-0.1, -0.05) is 30.3 Å². The summed E-state index contributed by atoms with van der Waals surface area (Å²) in [6.07, 6.45) is 3.67. The van der Waals surface area contributed by atoms with Crippen molar-refractivity contribution in [3.05, 3.63) is 42.0 Å². The summed E-state index contributed by atoms with van der Waals surface area (Å²) in [6.45, 7) is 5.98. The molecule has 7 nitrogen and oxygen atoms in total. The van der Waals surface area contributed by atoms with Crippen molar-refractivity contribution in [2.24, 2.45) is 0 Å². The van der Waals surface area contributed by atoms with Gasteiger partial charge in [-0.05, 0) is 38.3 Å². The number of nitrogens with one attached hydrogen (secondary N) is 2. The van der Waals surface area contributed by atoms with Gasteiger partial charge in [0.25, 0.3) is 0 Å². The van der Waals surface area contributed by atoms with Gasteiger partial charge >= 0.3 is 6.03 Å². The molecule has 2 aromatic rings. The highest BCUT2D eigenvalue weighted by atomic mass is 16.5. The van der Waals surface area contributed by atoms with Gasteiger partial charge in [0.05, 0.1) is 6.04 Å². The van der Waals surface area contributed by atoms with Crippen molar-refractivity contribution in [2.75, 3.05) is 18.4 Å². The quantitative estimate of drug-likeness (QED) is 0.828. The number of carbonyl (C=O) groups is 1. The summed E-state index contributed by atoms with van der Waals surface area (Å²) in [4.78, 5) is 18.9. The average Bonchev–Trinajstić information content (AvgIpc) is 3.11. The Morgan fingerprint density at radius 2 is 2.04 bits per heavy atom. The van der Waals surface area contributed by atoms with Crippen molar-refractivity contribution in [1.82, 2.24) is 20.4 Å². The summed E-state index contributed by atoms with van der Waals surface area (Å²) in [5.41, 5.74) is 0.801. The summed E-state index contributed by atoms with van der Waals surface area (Å²) in [5.74, 6) is 1.46. The molecule has 0 aliphatic carbocycles. The Morgan fingerprint density at radius 1 is 1.31 bits per heavy atom. The summed E-state index contributed by atoms with van der Waals surface area (Å²) in [5, 5.41) is 9.96. The van der Waals surface area contributed by atoms with E-state index < -0.39 is 0 Å². The molecule has 2 amide bonds. The van der Waals surface area contributed by atoms with E-state index in [1.165, 1.54) is 0 Å². The van der Waals surface area contributed by atoms with Gasteiger partial charge in [-0.25, -0.2) is 4.79 Å². The fourth-order valence-corrected chi connectivity index (χ4v) is 3.22. The number of amides is 2. The molecule has 0 radical (unpaired) electrons. The van der Waals surface area contributed by atoms with Crippen LogP contribution in [0.3, 0.4) is 0 Å². The van der Waals surface area contributed by atoms with Gasteiger partial charge in [-0.3, -0.25) is 4.90 Å². The number of nitrogens with zero attached hydrogens (tertiary/aromatic N) is 3. The van der Waals surface area contributed by atoms with Gasteiger partial charge in [0.15, 0.2) is 5.82 Å². The number of benzene rings is 1. The average molecular weight is 357 g/mol. The number of carbonyl (C=O) groups excluding carboxylic acids is 1.